The quantitative estimate of drug-likeness (QED) is 0.652. The SMILES string of the molecule is COc1ccc(-c2ccc(/C=C(\C)C(=O)O)n2-c2ccc(C#N)cc2C)cc1. The van der Waals surface area contributed by atoms with E-state index in [1.165, 1.54) is 0 Å². The van der Waals surface area contributed by atoms with E-state index >= 15 is 0 Å². The molecular formula is C23H20N2O3. The monoisotopic (exact) mass is 372 g/mol. The summed E-state index contributed by atoms with van der Waals surface area (Å²) in [4.78, 5) is 11.3. The normalized spacial score (nSPS) is 11.1. The summed E-state index contributed by atoms with van der Waals surface area (Å²) >= 11 is 0. The molecule has 3 rings (SSSR count). The highest BCUT2D eigenvalue weighted by atomic mass is 16.5. The van der Waals surface area contributed by atoms with Gasteiger partial charge < -0.3 is 14.4 Å². The Morgan fingerprint density at radius 2 is 1.86 bits per heavy atom. The molecule has 0 spiro atoms. The molecule has 0 amide bonds. The van der Waals surface area contributed by atoms with Gasteiger partial charge in [0.1, 0.15) is 5.75 Å². The molecule has 0 atom stereocenters. The Morgan fingerprint density at radius 3 is 2.43 bits per heavy atom. The summed E-state index contributed by atoms with van der Waals surface area (Å²) in [5.74, 6) is -0.200. The second-order valence-electron chi connectivity index (χ2n) is 6.45. The van der Waals surface area contributed by atoms with Crippen molar-refractivity contribution in [3.05, 3.63) is 77.0 Å². The van der Waals surface area contributed by atoms with E-state index in [0.717, 1.165) is 34.0 Å². The third kappa shape index (κ3) is 3.67. The molecule has 0 saturated heterocycles. The molecule has 0 fully saturated rings. The minimum absolute atomic E-state index is 0.243. The first kappa shape index (κ1) is 19.0. The van der Waals surface area contributed by atoms with Crippen molar-refractivity contribution < 1.29 is 14.6 Å². The topological polar surface area (TPSA) is 75.2 Å². The van der Waals surface area contributed by atoms with E-state index in [4.69, 9.17) is 10.00 Å². The molecular weight excluding hydrogens is 352 g/mol. The Morgan fingerprint density at radius 1 is 1.14 bits per heavy atom. The van der Waals surface area contributed by atoms with Crippen molar-refractivity contribution in [1.29, 1.82) is 5.26 Å². The molecule has 0 unspecified atom stereocenters. The van der Waals surface area contributed by atoms with Gasteiger partial charge in [-0.2, -0.15) is 5.26 Å². The van der Waals surface area contributed by atoms with E-state index in [1.807, 2.05) is 60.0 Å². The zero-order valence-electron chi connectivity index (χ0n) is 15.9. The molecule has 0 aliphatic heterocycles. The Labute approximate surface area is 163 Å². The maximum atomic E-state index is 11.3. The number of nitriles is 1. The third-order valence-corrected chi connectivity index (χ3v) is 4.57. The molecule has 2 aromatic carbocycles. The van der Waals surface area contributed by atoms with E-state index in [1.54, 1.807) is 26.2 Å². The van der Waals surface area contributed by atoms with Crippen LogP contribution in [-0.4, -0.2) is 22.8 Å². The van der Waals surface area contributed by atoms with Crippen LogP contribution in [0.5, 0.6) is 5.75 Å². The summed E-state index contributed by atoms with van der Waals surface area (Å²) in [6, 6.07) is 19.2. The second-order valence-corrected chi connectivity index (χ2v) is 6.45. The Bertz CT molecular complexity index is 1100. The van der Waals surface area contributed by atoms with E-state index in [9.17, 15) is 9.90 Å². The van der Waals surface area contributed by atoms with Gasteiger partial charge in [-0.25, -0.2) is 4.79 Å². The molecule has 0 saturated carbocycles. The maximum absolute atomic E-state index is 11.3. The molecule has 28 heavy (non-hydrogen) atoms. The second kappa shape index (κ2) is 7.85. The number of aromatic nitrogens is 1. The molecule has 1 heterocycles. The molecule has 1 aromatic heterocycles. The number of hydrogen-bond donors (Lipinski definition) is 1. The van der Waals surface area contributed by atoms with Crippen LogP contribution in [0.25, 0.3) is 23.0 Å². The van der Waals surface area contributed by atoms with Gasteiger partial charge in [-0.1, -0.05) is 0 Å². The summed E-state index contributed by atoms with van der Waals surface area (Å²) in [5.41, 5.74) is 5.27. The van der Waals surface area contributed by atoms with Gasteiger partial charge in [0.15, 0.2) is 0 Å². The van der Waals surface area contributed by atoms with Crippen LogP contribution in [0.15, 0.2) is 60.2 Å². The average Bonchev–Trinajstić information content (AvgIpc) is 3.11. The smallest absolute Gasteiger partial charge is 0.331 e. The minimum Gasteiger partial charge on any atom is -0.497 e. The summed E-state index contributed by atoms with van der Waals surface area (Å²) in [6.07, 6.45) is 1.65. The summed E-state index contributed by atoms with van der Waals surface area (Å²) < 4.78 is 7.24. The lowest BCUT2D eigenvalue weighted by molar-refractivity contribution is -0.132. The molecule has 140 valence electrons. The maximum Gasteiger partial charge on any atom is 0.331 e. The number of carbonyl (C=O) groups is 1. The first-order chi connectivity index (χ1) is 13.4. The van der Waals surface area contributed by atoms with Crippen LogP contribution in [0.1, 0.15) is 23.7 Å². The fourth-order valence-corrected chi connectivity index (χ4v) is 3.08. The van der Waals surface area contributed by atoms with Gasteiger partial charge in [0.05, 0.1) is 24.4 Å². The zero-order chi connectivity index (χ0) is 20.3. The van der Waals surface area contributed by atoms with Crippen LogP contribution < -0.4 is 4.74 Å². The number of carboxylic acid groups (broad SMARTS) is 1. The van der Waals surface area contributed by atoms with Crippen LogP contribution >= 0.6 is 0 Å². The van der Waals surface area contributed by atoms with Crippen LogP contribution in [-0.2, 0) is 4.79 Å². The van der Waals surface area contributed by atoms with Gasteiger partial charge in [0, 0.05) is 17.0 Å². The van der Waals surface area contributed by atoms with E-state index < -0.39 is 5.97 Å². The fraction of sp³-hybridized carbons (Fsp3) is 0.130. The molecule has 0 radical (unpaired) electrons. The van der Waals surface area contributed by atoms with Gasteiger partial charge in [-0.15, -0.1) is 0 Å². The number of rotatable bonds is 5. The number of ether oxygens (including phenoxy) is 1. The molecule has 3 aromatic rings. The zero-order valence-corrected chi connectivity index (χ0v) is 15.9. The molecule has 1 N–H and O–H groups in total. The van der Waals surface area contributed by atoms with Crippen molar-refractivity contribution in [3.8, 4) is 28.8 Å². The average molecular weight is 372 g/mol. The Hall–Kier alpha value is -3.78. The highest BCUT2D eigenvalue weighted by Gasteiger charge is 2.14. The van der Waals surface area contributed by atoms with Crippen LogP contribution in [0.4, 0.5) is 0 Å². The van der Waals surface area contributed by atoms with Gasteiger partial charge in [0.2, 0.25) is 0 Å². The lowest BCUT2D eigenvalue weighted by Crippen LogP contribution is -2.03. The Balaban J connectivity index is 2.24. The first-order valence-electron chi connectivity index (χ1n) is 8.73. The third-order valence-electron chi connectivity index (χ3n) is 4.57. The number of benzene rings is 2. The summed E-state index contributed by atoms with van der Waals surface area (Å²) in [5, 5.41) is 18.4. The van der Waals surface area contributed by atoms with Gasteiger partial charge >= 0.3 is 5.97 Å². The molecule has 5 heteroatoms. The standard InChI is InChI=1S/C23H20N2O3/c1-15-12-17(14-24)4-10-21(15)25-19(13-16(2)23(26)27)7-11-22(25)18-5-8-20(28-3)9-6-18/h4-13H,1-3H3,(H,26,27)/b16-13+. The fourth-order valence-electron chi connectivity index (χ4n) is 3.08. The van der Waals surface area contributed by atoms with Crippen molar-refractivity contribution in [2.75, 3.05) is 7.11 Å². The van der Waals surface area contributed by atoms with Crippen molar-refractivity contribution in [1.82, 2.24) is 4.57 Å². The van der Waals surface area contributed by atoms with E-state index in [2.05, 4.69) is 6.07 Å². The van der Waals surface area contributed by atoms with Gasteiger partial charge in [-0.3, -0.25) is 0 Å². The van der Waals surface area contributed by atoms with Crippen LogP contribution in [0.2, 0.25) is 0 Å². The molecule has 5 nitrogen and oxygen atoms in total. The van der Waals surface area contributed by atoms with Crippen LogP contribution in [0, 0.1) is 18.3 Å². The van der Waals surface area contributed by atoms with Crippen molar-refractivity contribution in [2.45, 2.75) is 13.8 Å². The first-order valence-corrected chi connectivity index (χ1v) is 8.73. The van der Waals surface area contributed by atoms with Crippen molar-refractivity contribution in [3.63, 3.8) is 0 Å². The van der Waals surface area contributed by atoms with E-state index in [-0.39, 0.29) is 5.57 Å². The largest absolute Gasteiger partial charge is 0.497 e. The summed E-state index contributed by atoms with van der Waals surface area (Å²) in [6.45, 7) is 3.50. The lowest BCUT2D eigenvalue weighted by Gasteiger charge is -2.16. The summed E-state index contributed by atoms with van der Waals surface area (Å²) in [7, 11) is 1.62. The van der Waals surface area contributed by atoms with Gasteiger partial charge in [-0.05, 0) is 85.6 Å². The molecule has 0 aliphatic carbocycles. The predicted octanol–water partition coefficient (Wildman–Crippen LogP) is 4.82. The number of aryl methyl sites for hydroxylation is 1. The lowest BCUT2D eigenvalue weighted by atomic mass is 10.1. The Kier molecular flexibility index (Phi) is 5.32. The highest BCUT2D eigenvalue weighted by Crippen LogP contribution is 2.31. The predicted molar refractivity (Wildman–Crippen MR) is 108 cm³/mol. The minimum atomic E-state index is -0.963. The molecule has 0 aliphatic rings. The number of methoxy groups -OCH3 is 1. The highest BCUT2D eigenvalue weighted by molar-refractivity contribution is 5.91. The number of carboxylic acids is 1. The number of hydrogen-bond acceptors (Lipinski definition) is 3. The number of aliphatic carboxylic acids is 1. The van der Waals surface area contributed by atoms with Crippen molar-refractivity contribution in [2.24, 2.45) is 0 Å². The number of nitrogens with zero attached hydrogens (tertiary/aromatic N) is 2. The van der Waals surface area contributed by atoms with Crippen molar-refractivity contribution >= 4 is 12.0 Å². The molecule has 0 bridgehead atoms. The van der Waals surface area contributed by atoms with Crippen LogP contribution in [0.3, 0.4) is 0 Å². The van der Waals surface area contributed by atoms with E-state index in [0.29, 0.717) is 5.56 Å². The van der Waals surface area contributed by atoms with Gasteiger partial charge in [0.25, 0.3) is 0 Å².